The van der Waals surface area contributed by atoms with Crippen LogP contribution < -0.4 is 20.1 Å². The van der Waals surface area contributed by atoms with E-state index in [0.717, 1.165) is 25.0 Å². The Kier molecular flexibility index (Phi) is 8.58. The summed E-state index contributed by atoms with van der Waals surface area (Å²) in [5.74, 6) is -2.84. The van der Waals surface area contributed by atoms with E-state index >= 15 is 0 Å². The fourth-order valence-electron chi connectivity index (χ4n) is 4.17. The second-order valence-corrected chi connectivity index (χ2v) is 9.48. The second-order valence-electron chi connectivity index (χ2n) is 9.48. The van der Waals surface area contributed by atoms with Gasteiger partial charge in [0, 0.05) is 24.7 Å². The summed E-state index contributed by atoms with van der Waals surface area (Å²) in [7, 11) is 0. The van der Waals surface area contributed by atoms with E-state index in [1.807, 2.05) is 0 Å². The number of carboxylic acids is 1. The highest BCUT2D eigenvalue weighted by Gasteiger charge is 2.27. The highest BCUT2D eigenvalue weighted by Crippen LogP contribution is 2.30. The Morgan fingerprint density at radius 2 is 1.57 bits per heavy atom. The van der Waals surface area contributed by atoms with Crippen LogP contribution in [0.2, 0.25) is 0 Å². The summed E-state index contributed by atoms with van der Waals surface area (Å²) in [6, 6.07) is 7.94. The molecule has 2 aliphatic rings. The highest BCUT2D eigenvalue weighted by atomic mass is 19.1. The van der Waals surface area contributed by atoms with Crippen molar-refractivity contribution in [1.29, 1.82) is 0 Å². The molecule has 3 N–H and O–H groups in total. The number of aliphatic carboxylic acids is 1. The minimum Gasteiger partial charge on any atom is -0.490 e. The van der Waals surface area contributed by atoms with Crippen LogP contribution in [0.3, 0.4) is 0 Å². The standard InChI is InChI=1S/C27H30F2N2O6/c28-22-14-20(37-19-6-3-17(4-7-19)27(34)35)8-9-21(22)26(33)31-12-11-30-25(32)18-5-10-24(23(29)13-18)36-15-16-1-2-16/h5,8-10,13-14,16-17,19H,1-4,6-7,11-12,15H2,(H,30,32)(H,31,33)(H,34,35)/t17-,19+. The first-order valence-corrected chi connectivity index (χ1v) is 12.5. The lowest BCUT2D eigenvalue weighted by Crippen LogP contribution is -2.35. The molecule has 10 heteroatoms. The van der Waals surface area contributed by atoms with Crippen LogP contribution in [0.1, 0.15) is 59.2 Å². The summed E-state index contributed by atoms with van der Waals surface area (Å²) in [6.45, 7) is 0.572. The van der Waals surface area contributed by atoms with E-state index in [1.165, 1.54) is 24.3 Å². The van der Waals surface area contributed by atoms with Crippen molar-refractivity contribution in [2.24, 2.45) is 11.8 Å². The van der Waals surface area contributed by atoms with Crippen molar-refractivity contribution in [1.82, 2.24) is 10.6 Å². The van der Waals surface area contributed by atoms with Gasteiger partial charge < -0.3 is 25.2 Å². The predicted octanol–water partition coefficient (Wildman–Crippen LogP) is 3.94. The van der Waals surface area contributed by atoms with Gasteiger partial charge >= 0.3 is 5.97 Å². The third kappa shape index (κ3) is 7.41. The maximum atomic E-state index is 14.5. The number of nitrogens with one attached hydrogen (secondary N) is 2. The van der Waals surface area contributed by atoms with Crippen molar-refractivity contribution in [3.8, 4) is 11.5 Å². The molecule has 0 radical (unpaired) electrons. The highest BCUT2D eigenvalue weighted by molar-refractivity contribution is 5.95. The number of ether oxygens (including phenoxy) is 2. The molecule has 198 valence electrons. The molecule has 0 unspecified atom stereocenters. The van der Waals surface area contributed by atoms with Gasteiger partial charge in [0.1, 0.15) is 11.6 Å². The van der Waals surface area contributed by atoms with Gasteiger partial charge in [-0.3, -0.25) is 14.4 Å². The molecule has 0 atom stereocenters. The summed E-state index contributed by atoms with van der Waals surface area (Å²) in [5, 5.41) is 14.2. The number of rotatable bonds is 11. The van der Waals surface area contributed by atoms with Crippen molar-refractivity contribution >= 4 is 17.8 Å². The van der Waals surface area contributed by atoms with Crippen LogP contribution in [0, 0.1) is 23.5 Å². The molecule has 2 aromatic rings. The molecule has 37 heavy (non-hydrogen) atoms. The van der Waals surface area contributed by atoms with Gasteiger partial charge in [0.05, 0.1) is 24.2 Å². The number of carboxylic acid groups (broad SMARTS) is 1. The molecule has 0 bridgehead atoms. The topological polar surface area (TPSA) is 114 Å². The zero-order chi connectivity index (χ0) is 26.4. The Hall–Kier alpha value is -3.69. The normalized spacial score (nSPS) is 19.1. The van der Waals surface area contributed by atoms with Gasteiger partial charge in [0.15, 0.2) is 11.6 Å². The van der Waals surface area contributed by atoms with Crippen molar-refractivity contribution < 1.29 is 37.7 Å². The lowest BCUT2D eigenvalue weighted by molar-refractivity contribution is -0.143. The molecule has 0 spiro atoms. The SMILES string of the molecule is O=C(NCCNC(=O)c1ccc(O[C@H]2CC[C@@H](C(=O)O)CC2)cc1F)c1ccc(OCC2CC2)c(F)c1. The van der Waals surface area contributed by atoms with Crippen LogP contribution in [0.4, 0.5) is 8.78 Å². The number of carbonyl (C=O) groups is 3. The van der Waals surface area contributed by atoms with Gasteiger partial charge in [0.25, 0.3) is 11.8 Å². The third-order valence-corrected chi connectivity index (χ3v) is 6.57. The van der Waals surface area contributed by atoms with E-state index in [0.29, 0.717) is 38.2 Å². The lowest BCUT2D eigenvalue weighted by atomic mass is 9.87. The number of hydrogen-bond donors (Lipinski definition) is 3. The Morgan fingerprint density at radius 1 is 0.865 bits per heavy atom. The van der Waals surface area contributed by atoms with Gasteiger partial charge in [-0.2, -0.15) is 0 Å². The quantitative estimate of drug-likeness (QED) is 0.390. The summed E-state index contributed by atoms with van der Waals surface area (Å²) in [6.07, 6.45) is 4.13. The molecule has 2 saturated carbocycles. The molecule has 2 aliphatic carbocycles. The monoisotopic (exact) mass is 516 g/mol. The van der Waals surface area contributed by atoms with Gasteiger partial charge in [-0.25, -0.2) is 8.78 Å². The van der Waals surface area contributed by atoms with E-state index in [-0.39, 0.29) is 47.7 Å². The number of carbonyl (C=O) groups excluding carboxylic acids is 2. The maximum Gasteiger partial charge on any atom is 0.306 e. The first-order valence-electron chi connectivity index (χ1n) is 12.5. The number of amides is 2. The lowest BCUT2D eigenvalue weighted by Gasteiger charge is -2.26. The van der Waals surface area contributed by atoms with Gasteiger partial charge in [-0.15, -0.1) is 0 Å². The van der Waals surface area contributed by atoms with Crippen LogP contribution in [-0.4, -0.2) is 48.7 Å². The van der Waals surface area contributed by atoms with Crippen LogP contribution in [0.15, 0.2) is 36.4 Å². The fourth-order valence-corrected chi connectivity index (χ4v) is 4.17. The van der Waals surface area contributed by atoms with Crippen LogP contribution >= 0.6 is 0 Å². The molecule has 0 saturated heterocycles. The molecule has 4 rings (SSSR count). The van der Waals surface area contributed by atoms with Gasteiger partial charge in [-0.1, -0.05) is 0 Å². The number of hydrogen-bond acceptors (Lipinski definition) is 5. The van der Waals surface area contributed by atoms with Gasteiger partial charge in [-0.05, 0) is 74.8 Å². The zero-order valence-corrected chi connectivity index (χ0v) is 20.3. The summed E-state index contributed by atoms with van der Waals surface area (Å²) in [4.78, 5) is 35.7. The second kappa shape index (κ2) is 12.0. The molecular weight excluding hydrogens is 486 g/mol. The van der Waals surface area contributed by atoms with E-state index in [1.54, 1.807) is 0 Å². The Labute approximate surface area is 213 Å². The Bertz CT molecular complexity index is 1150. The zero-order valence-electron chi connectivity index (χ0n) is 20.3. The average Bonchev–Trinajstić information content (AvgIpc) is 3.70. The smallest absolute Gasteiger partial charge is 0.306 e. The first kappa shape index (κ1) is 26.4. The molecule has 0 heterocycles. The Balaban J connectivity index is 1.19. The average molecular weight is 517 g/mol. The Morgan fingerprint density at radius 3 is 2.19 bits per heavy atom. The first-order chi connectivity index (χ1) is 17.8. The number of benzene rings is 2. The predicted molar refractivity (Wildman–Crippen MR) is 130 cm³/mol. The number of halogens is 2. The van der Waals surface area contributed by atoms with Crippen LogP contribution in [0.5, 0.6) is 11.5 Å². The van der Waals surface area contributed by atoms with Crippen LogP contribution in [0.25, 0.3) is 0 Å². The molecule has 2 fully saturated rings. The van der Waals surface area contributed by atoms with Crippen molar-refractivity contribution in [2.75, 3.05) is 19.7 Å². The van der Waals surface area contributed by atoms with E-state index in [4.69, 9.17) is 14.6 Å². The summed E-state index contributed by atoms with van der Waals surface area (Å²) >= 11 is 0. The van der Waals surface area contributed by atoms with Crippen molar-refractivity contribution in [3.05, 3.63) is 59.2 Å². The molecular formula is C27H30F2N2O6. The van der Waals surface area contributed by atoms with E-state index in [2.05, 4.69) is 10.6 Å². The van der Waals surface area contributed by atoms with Crippen molar-refractivity contribution in [3.63, 3.8) is 0 Å². The molecule has 0 aromatic heterocycles. The minimum atomic E-state index is -0.809. The van der Waals surface area contributed by atoms with E-state index in [9.17, 15) is 23.2 Å². The minimum absolute atomic E-state index is 0.0418. The fraction of sp³-hybridized carbons (Fsp3) is 0.444. The van der Waals surface area contributed by atoms with Crippen LogP contribution in [-0.2, 0) is 4.79 Å². The van der Waals surface area contributed by atoms with E-state index < -0.39 is 29.4 Å². The summed E-state index contributed by atoms with van der Waals surface area (Å²) in [5.41, 5.74) is -0.0437. The molecule has 2 aromatic carbocycles. The molecule has 8 nitrogen and oxygen atoms in total. The van der Waals surface area contributed by atoms with Crippen molar-refractivity contribution in [2.45, 2.75) is 44.6 Å². The maximum absolute atomic E-state index is 14.5. The summed E-state index contributed by atoms with van der Waals surface area (Å²) < 4.78 is 39.9. The van der Waals surface area contributed by atoms with Gasteiger partial charge in [0.2, 0.25) is 0 Å². The largest absolute Gasteiger partial charge is 0.490 e. The molecule has 0 aliphatic heterocycles. The molecule has 2 amide bonds. The third-order valence-electron chi connectivity index (χ3n) is 6.57.